The summed E-state index contributed by atoms with van der Waals surface area (Å²) in [5.41, 5.74) is 6.62. The number of carbonyl (C=O) groups is 6. The van der Waals surface area contributed by atoms with Gasteiger partial charge in [-0.25, -0.2) is 9.69 Å². The number of nitrogens with two attached hydrogens (primary N) is 1. The van der Waals surface area contributed by atoms with Crippen LogP contribution in [0, 0.1) is 5.92 Å². The molecule has 7 rings (SSSR count). The van der Waals surface area contributed by atoms with Crippen molar-refractivity contribution in [2.24, 2.45) is 11.7 Å². The second kappa shape index (κ2) is 23.7. The molecule has 3 amide bonds. The van der Waals surface area contributed by atoms with E-state index in [1.807, 2.05) is 13.8 Å². The van der Waals surface area contributed by atoms with Crippen LogP contribution in [0.3, 0.4) is 0 Å². The highest BCUT2D eigenvalue weighted by atomic mass is 32.2. The molecular weight excluding hydrogens is 961 g/mol. The van der Waals surface area contributed by atoms with Crippen LogP contribution in [0.5, 0.6) is 23.0 Å². The predicted octanol–water partition coefficient (Wildman–Crippen LogP) is 2.57. The summed E-state index contributed by atoms with van der Waals surface area (Å²) < 4.78 is 51.3. The number of aliphatic hydroxyl groups excluding tert-OH is 2. The van der Waals surface area contributed by atoms with Gasteiger partial charge in [-0.3, -0.25) is 24.0 Å². The van der Waals surface area contributed by atoms with Crippen molar-refractivity contribution in [1.82, 2.24) is 10.6 Å². The number of aliphatic hydroxyl groups is 2. The van der Waals surface area contributed by atoms with Crippen molar-refractivity contribution in [2.75, 3.05) is 63.4 Å². The van der Waals surface area contributed by atoms with Gasteiger partial charge in [-0.15, -0.1) is 11.8 Å². The highest BCUT2D eigenvalue weighted by Crippen LogP contribution is 2.57. The zero-order valence-electron chi connectivity index (χ0n) is 40.5. The Bertz CT molecular complexity index is 2470. The van der Waals surface area contributed by atoms with Gasteiger partial charge < -0.3 is 69.2 Å². The normalized spacial score (nSPS) is 22.1. The minimum absolute atomic E-state index is 0.0421. The quantitative estimate of drug-likeness (QED) is 0.0395. The molecule has 388 valence electrons. The van der Waals surface area contributed by atoms with Gasteiger partial charge in [-0.1, -0.05) is 19.6 Å². The molecule has 0 aromatic heterocycles. The number of nitrogens with zero attached hydrogens (tertiary/aromatic N) is 1. The second-order valence-electron chi connectivity index (χ2n) is 17.7. The fraction of sp³-hybridized carbons (Fsp3) is 0.480. The molecule has 0 bridgehead atoms. The molecule has 1 spiro atoms. The average Bonchev–Trinajstić information content (AvgIpc) is 3.78. The molecule has 4 aliphatic rings. The molecule has 5 unspecified atom stereocenters. The number of benzene rings is 3. The first-order valence-electron chi connectivity index (χ1n) is 23.4. The second-order valence-corrected chi connectivity index (χ2v) is 19.0. The molecule has 3 aromatic carbocycles. The van der Waals surface area contributed by atoms with Gasteiger partial charge in [-0.05, 0) is 50.2 Å². The molecule has 4 aliphatic heterocycles. The maximum atomic E-state index is 13.8. The van der Waals surface area contributed by atoms with Crippen molar-refractivity contribution < 1.29 is 81.6 Å². The van der Waals surface area contributed by atoms with Crippen molar-refractivity contribution >= 4 is 53.1 Å². The molecule has 6 N–H and O–H groups in total. The third-order valence-electron chi connectivity index (χ3n) is 12.0. The van der Waals surface area contributed by atoms with Gasteiger partial charge in [0, 0.05) is 79.5 Å². The number of imide groups is 1. The van der Waals surface area contributed by atoms with E-state index in [4.69, 9.17) is 48.4 Å². The standard InChI is InChI=1S/C50H60N4O17S/c1-26(2)66-49-45(59)44(58)28(4)41(70-49)24-65-23-27(3)52-13-15-63-17-18-64-16-14-53-46(60)38(51)25-72-42-22-43(57)54(47(42)61)31-7-10-35-34(19-31)48(62)71-50(35)36-11-8-32(67-29(5)55)20-39(36)69-40-21-33(68-30(6)56)9-12-37(40)50/h7-12,19-21,26,28,38,41-42,44-45,49,52,58-59H,3,13-18,22-25,51H2,1-2,4-6H3,(H,53,60)/t28-,38?,41?,42?,44?,45?,49-/m1/s1. The molecule has 0 radical (unpaired) electrons. The Morgan fingerprint density at radius 3 is 2.08 bits per heavy atom. The van der Waals surface area contributed by atoms with E-state index < -0.39 is 77.1 Å². The van der Waals surface area contributed by atoms with E-state index in [0.29, 0.717) is 42.1 Å². The fourth-order valence-corrected chi connectivity index (χ4v) is 9.66. The summed E-state index contributed by atoms with van der Waals surface area (Å²) in [6.45, 7) is 14.0. The van der Waals surface area contributed by atoms with Crippen LogP contribution < -0.4 is 35.5 Å². The molecule has 4 heterocycles. The summed E-state index contributed by atoms with van der Waals surface area (Å²) >= 11 is 1.08. The molecule has 72 heavy (non-hydrogen) atoms. The monoisotopic (exact) mass is 1020 g/mol. The zero-order chi connectivity index (χ0) is 51.9. The number of rotatable bonds is 23. The third kappa shape index (κ3) is 12.3. The molecule has 0 aliphatic carbocycles. The number of ether oxygens (including phenoxy) is 9. The summed E-state index contributed by atoms with van der Waals surface area (Å²) in [5, 5.41) is 25.7. The Kier molecular flexibility index (Phi) is 17.7. The van der Waals surface area contributed by atoms with Crippen LogP contribution in [0.15, 0.2) is 66.9 Å². The largest absolute Gasteiger partial charge is 0.456 e. The topological polar surface area (TPSA) is 279 Å². The lowest BCUT2D eigenvalue weighted by molar-refractivity contribution is -0.297. The minimum Gasteiger partial charge on any atom is -0.456 e. The molecule has 0 saturated carbocycles. The first-order chi connectivity index (χ1) is 34.4. The lowest BCUT2D eigenvalue weighted by atomic mass is 9.77. The first-order valence-corrected chi connectivity index (χ1v) is 24.5. The van der Waals surface area contributed by atoms with E-state index in [0.717, 1.165) is 16.7 Å². The Hall–Kier alpha value is -5.95. The van der Waals surface area contributed by atoms with Crippen molar-refractivity contribution in [2.45, 2.75) is 88.6 Å². The van der Waals surface area contributed by atoms with Crippen LogP contribution in [0.1, 0.15) is 68.1 Å². The third-order valence-corrected chi connectivity index (χ3v) is 13.3. The first kappa shape index (κ1) is 53.8. The van der Waals surface area contributed by atoms with Crippen LogP contribution in [0.4, 0.5) is 5.69 Å². The van der Waals surface area contributed by atoms with Gasteiger partial charge in [0.25, 0.3) is 0 Å². The Labute approximate surface area is 419 Å². The lowest BCUT2D eigenvalue weighted by Gasteiger charge is -2.41. The van der Waals surface area contributed by atoms with Crippen LogP contribution in [0.25, 0.3) is 0 Å². The highest BCUT2D eigenvalue weighted by molar-refractivity contribution is 8.00. The number of hydrogen-bond donors (Lipinski definition) is 5. The minimum atomic E-state index is -1.58. The maximum absolute atomic E-state index is 13.8. The number of esters is 3. The molecule has 2 saturated heterocycles. The van der Waals surface area contributed by atoms with E-state index in [1.165, 1.54) is 44.2 Å². The lowest BCUT2D eigenvalue weighted by Crippen LogP contribution is -2.56. The van der Waals surface area contributed by atoms with Gasteiger partial charge in [0.2, 0.25) is 17.7 Å². The molecule has 21 nitrogen and oxygen atoms in total. The van der Waals surface area contributed by atoms with Crippen molar-refractivity contribution in [1.29, 1.82) is 0 Å². The van der Waals surface area contributed by atoms with E-state index in [9.17, 15) is 39.0 Å². The molecule has 7 atom stereocenters. The van der Waals surface area contributed by atoms with Crippen molar-refractivity contribution in [3.05, 3.63) is 89.1 Å². The molecule has 22 heteroatoms. The summed E-state index contributed by atoms with van der Waals surface area (Å²) in [4.78, 5) is 78.3. The number of carbonyl (C=O) groups excluding carboxylic acids is 6. The predicted molar refractivity (Wildman–Crippen MR) is 257 cm³/mol. The van der Waals surface area contributed by atoms with Crippen LogP contribution >= 0.6 is 11.8 Å². The van der Waals surface area contributed by atoms with Gasteiger partial charge in [0.15, 0.2) is 11.9 Å². The van der Waals surface area contributed by atoms with Gasteiger partial charge in [-0.2, -0.15) is 0 Å². The van der Waals surface area contributed by atoms with E-state index in [1.54, 1.807) is 31.2 Å². The van der Waals surface area contributed by atoms with Gasteiger partial charge in [0.1, 0.15) is 29.1 Å². The number of amides is 3. The number of anilines is 1. The Balaban J connectivity index is 0.827. The van der Waals surface area contributed by atoms with Gasteiger partial charge >= 0.3 is 17.9 Å². The number of hydrogen-bond acceptors (Lipinski definition) is 20. The van der Waals surface area contributed by atoms with E-state index >= 15 is 0 Å². The summed E-state index contributed by atoms with van der Waals surface area (Å²) in [6, 6.07) is 12.8. The van der Waals surface area contributed by atoms with E-state index in [-0.39, 0.29) is 91.4 Å². The van der Waals surface area contributed by atoms with Crippen LogP contribution in [-0.4, -0.2) is 146 Å². The molecule has 2 fully saturated rings. The smallest absolute Gasteiger partial charge is 0.340 e. The Morgan fingerprint density at radius 2 is 1.47 bits per heavy atom. The zero-order valence-corrected chi connectivity index (χ0v) is 41.4. The van der Waals surface area contributed by atoms with Gasteiger partial charge in [0.05, 0.1) is 80.5 Å². The number of nitrogens with one attached hydrogen (secondary N) is 2. The van der Waals surface area contributed by atoms with Crippen LogP contribution in [0.2, 0.25) is 0 Å². The number of fused-ring (bicyclic) bond motifs is 6. The van der Waals surface area contributed by atoms with Crippen molar-refractivity contribution in [3.8, 4) is 23.0 Å². The summed E-state index contributed by atoms with van der Waals surface area (Å²) in [7, 11) is 0. The maximum Gasteiger partial charge on any atom is 0.340 e. The highest BCUT2D eigenvalue weighted by Gasteiger charge is 2.54. The Morgan fingerprint density at radius 1 is 0.861 bits per heavy atom. The molecular formula is C50H60N4O17S. The number of thioether (sulfide) groups is 1. The summed E-state index contributed by atoms with van der Waals surface area (Å²) in [5.74, 6) is -2.96. The fourth-order valence-electron chi connectivity index (χ4n) is 8.57. The van der Waals surface area contributed by atoms with E-state index in [2.05, 4.69) is 17.2 Å². The van der Waals surface area contributed by atoms with Crippen LogP contribution in [-0.2, 0) is 58.0 Å². The average molecular weight is 1020 g/mol. The summed E-state index contributed by atoms with van der Waals surface area (Å²) in [6.07, 6.45) is -3.93. The van der Waals surface area contributed by atoms with Crippen molar-refractivity contribution in [3.63, 3.8) is 0 Å². The SMILES string of the molecule is C=C(COCC1O[C@@H](OC(C)C)C(O)C(O)[C@@H]1C)NCCOCCOCCNC(=O)C(N)CSC1CC(=O)N(c2ccc3c(c2)C(=O)OC32c3ccc(OC(C)=O)cc3Oc3cc(OC(C)=O)ccc32)C1=O. The molecule has 3 aromatic rings.